The number of carbonyl (C=O) groups is 1. The summed E-state index contributed by atoms with van der Waals surface area (Å²) in [5, 5.41) is 0. The number of hydrogen-bond donors (Lipinski definition) is 1. The molecule has 0 aromatic heterocycles. The molecule has 2 aliphatic rings. The molecule has 0 radical (unpaired) electrons. The zero-order chi connectivity index (χ0) is 10.9. The van der Waals surface area contributed by atoms with Gasteiger partial charge in [-0.1, -0.05) is 0 Å². The van der Waals surface area contributed by atoms with Gasteiger partial charge in [-0.2, -0.15) is 0 Å². The number of dihydropyridines is 1. The van der Waals surface area contributed by atoms with Crippen molar-refractivity contribution in [1.82, 2.24) is 0 Å². The number of amides is 1. The molecular formula is C11H16N2O2. The van der Waals surface area contributed by atoms with Gasteiger partial charge in [-0.15, -0.1) is 0 Å². The molecule has 82 valence electrons. The van der Waals surface area contributed by atoms with Crippen LogP contribution in [0.15, 0.2) is 17.1 Å². The molecule has 0 spiro atoms. The standard InChI is InChI=1S/C11H16N2O2/c1-11(15-7-8-3-4-8)5-2-6-13-9(11)10(12)14/h2,5-6,8-9H,3-4,7H2,1H3,(H2,12,14). The zero-order valence-corrected chi connectivity index (χ0v) is 8.85. The number of aliphatic imine (C=N–C) groups is 1. The molecular weight excluding hydrogens is 192 g/mol. The summed E-state index contributed by atoms with van der Waals surface area (Å²) in [7, 11) is 0. The first-order valence-corrected chi connectivity index (χ1v) is 5.26. The van der Waals surface area contributed by atoms with Crippen LogP contribution in [0.2, 0.25) is 0 Å². The number of allylic oxidation sites excluding steroid dienone is 1. The van der Waals surface area contributed by atoms with Crippen molar-refractivity contribution in [3.8, 4) is 0 Å². The van der Waals surface area contributed by atoms with Crippen molar-refractivity contribution < 1.29 is 9.53 Å². The fourth-order valence-corrected chi connectivity index (χ4v) is 1.67. The summed E-state index contributed by atoms with van der Waals surface area (Å²) in [5.74, 6) is 0.226. The van der Waals surface area contributed by atoms with E-state index in [4.69, 9.17) is 10.5 Å². The average Bonchev–Trinajstić information content (AvgIpc) is 2.98. The molecule has 15 heavy (non-hydrogen) atoms. The first-order valence-electron chi connectivity index (χ1n) is 5.26. The summed E-state index contributed by atoms with van der Waals surface area (Å²) in [6.07, 6.45) is 7.70. The van der Waals surface area contributed by atoms with E-state index in [9.17, 15) is 4.79 Å². The Labute approximate surface area is 89.2 Å². The van der Waals surface area contributed by atoms with Gasteiger partial charge >= 0.3 is 0 Å². The SMILES string of the molecule is CC1(OCC2CC2)C=CC=NC1C(N)=O. The Balaban J connectivity index is 2.04. The van der Waals surface area contributed by atoms with Crippen LogP contribution in [-0.2, 0) is 9.53 Å². The van der Waals surface area contributed by atoms with E-state index in [1.807, 2.05) is 13.0 Å². The molecule has 2 N–H and O–H groups in total. The summed E-state index contributed by atoms with van der Waals surface area (Å²) in [6, 6.07) is -0.596. The molecule has 2 rings (SSSR count). The lowest BCUT2D eigenvalue weighted by Gasteiger charge is -2.32. The van der Waals surface area contributed by atoms with Crippen LogP contribution in [0.4, 0.5) is 0 Å². The Kier molecular flexibility index (Phi) is 2.61. The van der Waals surface area contributed by atoms with Gasteiger partial charge in [0, 0.05) is 6.21 Å². The van der Waals surface area contributed by atoms with Crippen molar-refractivity contribution in [2.75, 3.05) is 6.61 Å². The number of hydrogen-bond acceptors (Lipinski definition) is 3. The molecule has 1 amide bonds. The van der Waals surface area contributed by atoms with Crippen LogP contribution in [0.1, 0.15) is 19.8 Å². The van der Waals surface area contributed by atoms with Crippen LogP contribution in [0.5, 0.6) is 0 Å². The van der Waals surface area contributed by atoms with Crippen molar-refractivity contribution >= 4 is 12.1 Å². The summed E-state index contributed by atoms with van der Waals surface area (Å²) in [6.45, 7) is 2.55. The van der Waals surface area contributed by atoms with E-state index in [2.05, 4.69) is 4.99 Å². The van der Waals surface area contributed by atoms with Crippen molar-refractivity contribution in [1.29, 1.82) is 0 Å². The molecule has 1 aliphatic carbocycles. The third-order valence-corrected chi connectivity index (χ3v) is 2.89. The van der Waals surface area contributed by atoms with E-state index in [0.717, 1.165) is 0 Å². The maximum absolute atomic E-state index is 11.2. The molecule has 0 saturated heterocycles. The van der Waals surface area contributed by atoms with E-state index in [-0.39, 0.29) is 0 Å². The van der Waals surface area contributed by atoms with E-state index in [1.54, 1.807) is 12.3 Å². The van der Waals surface area contributed by atoms with Gasteiger partial charge in [-0.25, -0.2) is 0 Å². The first-order chi connectivity index (χ1) is 7.12. The van der Waals surface area contributed by atoms with Crippen molar-refractivity contribution in [2.24, 2.45) is 16.6 Å². The number of nitrogens with two attached hydrogens (primary N) is 1. The van der Waals surface area contributed by atoms with Crippen molar-refractivity contribution in [2.45, 2.75) is 31.4 Å². The number of primary amides is 1. The predicted molar refractivity (Wildman–Crippen MR) is 57.7 cm³/mol. The third kappa shape index (κ3) is 2.26. The molecule has 2 unspecified atom stereocenters. The Hall–Kier alpha value is -1.16. The first kappa shape index (κ1) is 10.4. The molecule has 0 aromatic carbocycles. The molecule has 0 aromatic rings. The predicted octanol–water partition coefficient (Wildman–Crippen LogP) is 0.666. The molecule has 1 saturated carbocycles. The lowest BCUT2D eigenvalue weighted by atomic mass is 9.93. The molecule has 4 nitrogen and oxygen atoms in total. The van der Waals surface area contributed by atoms with Crippen molar-refractivity contribution in [3.63, 3.8) is 0 Å². The lowest BCUT2D eigenvalue weighted by molar-refractivity contribution is -0.125. The summed E-state index contributed by atoms with van der Waals surface area (Å²) in [4.78, 5) is 15.3. The molecule has 1 aliphatic heterocycles. The van der Waals surface area contributed by atoms with Crippen LogP contribution >= 0.6 is 0 Å². The normalized spacial score (nSPS) is 34.3. The monoisotopic (exact) mass is 208 g/mol. The largest absolute Gasteiger partial charge is 0.368 e. The highest BCUT2D eigenvalue weighted by atomic mass is 16.5. The highest BCUT2D eigenvalue weighted by Gasteiger charge is 2.39. The summed E-state index contributed by atoms with van der Waals surface area (Å²) < 4.78 is 5.77. The molecule has 1 heterocycles. The van der Waals surface area contributed by atoms with Gasteiger partial charge in [-0.3, -0.25) is 9.79 Å². The Morgan fingerprint density at radius 3 is 3.00 bits per heavy atom. The van der Waals surface area contributed by atoms with Gasteiger partial charge in [-0.05, 0) is 37.8 Å². The molecule has 0 bridgehead atoms. The second-order valence-electron chi connectivity index (χ2n) is 4.40. The number of nitrogens with zero attached hydrogens (tertiary/aromatic N) is 1. The topological polar surface area (TPSA) is 64.7 Å². The van der Waals surface area contributed by atoms with Crippen molar-refractivity contribution in [3.05, 3.63) is 12.2 Å². The van der Waals surface area contributed by atoms with Crippen LogP contribution in [0.25, 0.3) is 0 Å². The lowest BCUT2D eigenvalue weighted by Crippen LogP contribution is -2.48. The van der Waals surface area contributed by atoms with E-state index >= 15 is 0 Å². The second-order valence-corrected chi connectivity index (χ2v) is 4.40. The van der Waals surface area contributed by atoms with Crippen LogP contribution < -0.4 is 5.73 Å². The fourth-order valence-electron chi connectivity index (χ4n) is 1.67. The van der Waals surface area contributed by atoms with E-state index in [0.29, 0.717) is 12.5 Å². The highest BCUT2D eigenvalue weighted by molar-refractivity contribution is 5.86. The number of ether oxygens (including phenoxy) is 1. The smallest absolute Gasteiger partial charge is 0.245 e. The second kappa shape index (κ2) is 3.77. The van der Waals surface area contributed by atoms with Crippen LogP contribution in [-0.4, -0.2) is 30.4 Å². The quantitative estimate of drug-likeness (QED) is 0.737. The van der Waals surface area contributed by atoms with E-state index in [1.165, 1.54) is 12.8 Å². The third-order valence-electron chi connectivity index (χ3n) is 2.89. The van der Waals surface area contributed by atoms with Crippen LogP contribution in [0, 0.1) is 5.92 Å². The molecule has 2 atom stereocenters. The zero-order valence-electron chi connectivity index (χ0n) is 8.85. The Morgan fingerprint density at radius 2 is 2.40 bits per heavy atom. The van der Waals surface area contributed by atoms with Gasteiger partial charge in [0.15, 0.2) is 6.04 Å². The van der Waals surface area contributed by atoms with Gasteiger partial charge < -0.3 is 10.5 Å². The van der Waals surface area contributed by atoms with Gasteiger partial charge in [0.05, 0.1) is 6.61 Å². The minimum atomic E-state index is -0.664. The summed E-state index contributed by atoms with van der Waals surface area (Å²) in [5.41, 5.74) is 4.63. The van der Waals surface area contributed by atoms with Gasteiger partial charge in [0.1, 0.15) is 5.60 Å². The molecule has 1 fully saturated rings. The number of carbonyl (C=O) groups excluding carboxylic acids is 1. The van der Waals surface area contributed by atoms with Gasteiger partial charge in [0.25, 0.3) is 0 Å². The highest BCUT2D eigenvalue weighted by Crippen LogP contribution is 2.32. The number of rotatable bonds is 4. The maximum atomic E-state index is 11.2. The summed E-state index contributed by atoms with van der Waals surface area (Å²) >= 11 is 0. The van der Waals surface area contributed by atoms with Crippen LogP contribution in [0.3, 0.4) is 0 Å². The minimum absolute atomic E-state index is 0.436. The maximum Gasteiger partial charge on any atom is 0.245 e. The van der Waals surface area contributed by atoms with Gasteiger partial charge in [0.2, 0.25) is 5.91 Å². The van der Waals surface area contributed by atoms with E-state index < -0.39 is 17.6 Å². The fraction of sp³-hybridized carbons (Fsp3) is 0.636. The Morgan fingerprint density at radius 1 is 1.67 bits per heavy atom. The molecule has 4 heteroatoms. The average molecular weight is 208 g/mol. The Bertz CT molecular complexity index is 321. The minimum Gasteiger partial charge on any atom is -0.368 e.